The van der Waals surface area contributed by atoms with Crippen molar-refractivity contribution in [2.45, 2.75) is 13.8 Å². The van der Waals surface area contributed by atoms with Gasteiger partial charge in [-0.1, -0.05) is 6.07 Å². The average molecular weight is 314 g/mol. The van der Waals surface area contributed by atoms with Crippen LogP contribution in [-0.2, 0) is 4.79 Å². The number of ether oxygens (including phenoxy) is 2. The van der Waals surface area contributed by atoms with Crippen molar-refractivity contribution in [1.82, 2.24) is 0 Å². The molecular formula is C18H22N2O3. The van der Waals surface area contributed by atoms with Gasteiger partial charge in [-0.3, -0.25) is 4.79 Å². The van der Waals surface area contributed by atoms with Gasteiger partial charge in [0, 0.05) is 11.8 Å². The van der Waals surface area contributed by atoms with Crippen molar-refractivity contribution in [3.63, 3.8) is 0 Å². The van der Waals surface area contributed by atoms with E-state index in [1.807, 2.05) is 26.0 Å². The minimum atomic E-state index is -0.146. The van der Waals surface area contributed by atoms with Crippen molar-refractivity contribution in [3.05, 3.63) is 47.5 Å². The van der Waals surface area contributed by atoms with Gasteiger partial charge in [0.05, 0.1) is 26.5 Å². The molecule has 5 heteroatoms. The van der Waals surface area contributed by atoms with E-state index in [0.29, 0.717) is 17.2 Å². The number of benzene rings is 2. The smallest absolute Gasteiger partial charge is 0.243 e. The number of aryl methyl sites for hydroxylation is 2. The summed E-state index contributed by atoms with van der Waals surface area (Å²) >= 11 is 0. The lowest BCUT2D eigenvalue weighted by Gasteiger charge is -2.13. The van der Waals surface area contributed by atoms with Crippen LogP contribution in [0.4, 0.5) is 11.4 Å². The summed E-state index contributed by atoms with van der Waals surface area (Å²) in [7, 11) is 3.14. The Kier molecular flexibility index (Phi) is 5.46. The van der Waals surface area contributed by atoms with Crippen LogP contribution in [0.5, 0.6) is 11.5 Å². The number of rotatable bonds is 6. The molecule has 0 bridgehead atoms. The summed E-state index contributed by atoms with van der Waals surface area (Å²) in [6.45, 7) is 4.24. The van der Waals surface area contributed by atoms with Gasteiger partial charge >= 0.3 is 0 Å². The molecule has 0 heterocycles. The number of anilines is 2. The van der Waals surface area contributed by atoms with Crippen LogP contribution in [0.15, 0.2) is 36.4 Å². The Morgan fingerprint density at radius 2 is 1.70 bits per heavy atom. The first-order valence-corrected chi connectivity index (χ1v) is 7.36. The van der Waals surface area contributed by atoms with Crippen LogP contribution in [0.1, 0.15) is 11.1 Å². The van der Waals surface area contributed by atoms with Gasteiger partial charge in [-0.05, 0) is 49.2 Å². The molecule has 0 unspecified atom stereocenters. The summed E-state index contributed by atoms with van der Waals surface area (Å²) in [4.78, 5) is 12.1. The van der Waals surface area contributed by atoms with Gasteiger partial charge in [0.1, 0.15) is 11.5 Å². The third-order valence-corrected chi connectivity index (χ3v) is 3.36. The predicted molar refractivity (Wildman–Crippen MR) is 92.6 cm³/mol. The van der Waals surface area contributed by atoms with Crippen molar-refractivity contribution in [3.8, 4) is 11.5 Å². The Morgan fingerprint density at radius 3 is 2.30 bits per heavy atom. The molecule has 0 atom stereocenters. The van der Waals surface area contributed by atoms with Crippen molar-refractivity contribution in [2.24, 2.45) is 0 Å². The lowest BCUT2D eigenvalue weighted by molar-refractivity contribution is -0.114. The Morgan fingerprint density at radius 1 is 1.00 bits per heavy atom. The molecule has 0 aliphatic rings. The zero-order valence-electron chi connectivity index (χ0n) is 13.9. The molecule has 0 fully saturated rings. The summed E-state index contributed by atoms with van der Waals surface area (Å²) in [6.07, 6.45) is 0. The van der Waals surface area contributed by atoms with Crippen molar-refractivity contribution in [2.75, 3.05) is 31.4 Å². The van der Waals surface area contributed by atoms with E-state index in [2.05, 4.69) is 16.7 Å². The van der Waals surface area contributed by atoms with Gasteiger partial charge in [0.2, 0.25) is 5.91 Å². The standard InChI is InChI=1S/C18H22N2O3/c1-12-7-13(2)9-14(8-12)19-11-18(21)20-16-6-5-15(22-3)10-17(16)23-4/h5-10,19H,11H2,1-4H3,(H,20,21). The molecule has 0 radical (unpaired) electrons. The van der Waals surface area contributed by atoms with Crippen LogP contribution >= 0.6 is 0 Å². The number of carbonyl (C=O) groups excluding carboxylic acids is 1. The van der Waals surface area contributed by atoms with Crippen LogP contribution < -0.4 is 20.1 Å². The molecule has 2 N–H and O–H groups in total. The number of amides is 1. The van der Waals surface area contributed by atoms with E-state index in [1.165, 1.54) is 0 Å². The first kappa shape index (κ1) is 16.7. The molecule has 5 nitrogen and oxygen atoms in total. The Bertz CT molecular complexity index is 678. The normalized spacial score (nSPS) is 10.1. The molecule has 0 spiro atoms. The van der Waals surface area contributed by atoms with E-state index >= 15 is 0 Å². The Hall–Kier alpha value is -2.69. The fourth-order valence-corrected chi connectivity index (χ4v) is 2.36. The zero-order chi connectivity index (χ0) is 16.8. The third-order valence-electron chi connectivity index (χ3n) is 3.36. The third kappa shape index (κ3) is 4.64. The molecule has 0 saturated carbocycles. The van der Waals surface area contributed by atoms with Gasteiger partial charge in [-0.25, -0.2) is 0 Å². The topological polar surface area (TPSA) is 59.6 Å². The molecule has 0 aromatic heterocycles. The van der Waals surface area contributed by atoms with E-state index in [0.717, 1.165) is 16.8 Å². The first-order chi connectivity index (χ1) is 11.0. The second-order valence-electron chi connectivity index (χ2n) is 5.34. The maximum atomic E-state index is 12.1. The highest BCUT2D eigenvalue weighted by Crippen LogP contribution is 2.28. The van der Waals surface area contributed by atoms with Gasteiger partial charge in [-0.2, -0.15) is 0 Å². The lowest BCUT2D eigenvalue weighted by atomic mass is 10.1. The largest absolute Gasteiger partial charge is 0.497 e. The molecule has 0 aliphatic carbocycles. The van der Waals surface area contributed by atoms with E-state index in [1.54, 1.807) is 32.4 Å². The fourth-order valence-electron chi connectivity index (χ4n) is 2.36. The van der Waals surface area contributed by atoms with Crippen LogP contribution in [0, 0.1) is 13.8 Å². The number of methoxy groups -OCH3 is 2. The molecule has 1 amide bonds. The fraction of sp³-hybridized carbons (Fsp3) is 0.278. The van der Waals surface area contributed by atoms with Gasteiger partial charge in [-0.15, -0.1) is 0 Å². The second-order valence-corrected chi connectivity index (χ2v) is 5.34. The Labute approximate surface area is 136 Å². The molecule has 0 saturated heterocycles. The number of carbonyl (C=O) groups is 1. The van der Waals surface area contributed by atoms with Crippen molar-refractivity contribution >= 4 is 17.3 Å². The van der Waals surface area contributed by atoms with Crippen molar-refractivity contribution < 1.29 is 14.3 Å². The average Bonchev–Trinajstić information content (AvgIpc) is 2.52. The maximum Gasteiger partial charge on any atom is 0.243 e. The van der Waals surface area contributed by atoms with E-state index in [4.69, 9.17) is 9.47 Å². The number of hydrogen-bond donors (Lipinski definition) is 2. The minimum absolute atomic E-state index is 0.146. The lowest BCUT2D eigenvalue weighted by Crippen LogP contribution is -2.22. The first-order valence-electron chi connectivity index (χ1n) is 7.36. The molecule has 2 aromatic rings. The number of nitrogens with one attached hydrogen (secondary N) is 2. The summed E-state index contributed by atoms with van der Waals surface area (Å²) < 4.78 is 10.4. The van der Waals surface area contributed by atoms with Crippen LogP contribution in [0.2, 0.25) is 0 Å². The van der Waals surface area contributed by atoms with Gasteiger partial charge in [0.25, 0.3) is 0 Å². The second kappa shape index (κ2) is 7.54. The predicted octanol–water partition coefficient (Wildman–Crippen LogP) is 3.37. The summed E-state index contributed by atoms with van der Waals surface area (Å²) in [5, 5.41) is 5.96. The summed E-state index contributed by atoms with van der Waals surface area (Å²) in [5.74, 6) is 1.09. The maximum absolute atomic E-state index is 12.1. The van der Waals surface area contributed by atoms with E-state index in [9.17, 15) is 4.79 Å². The highest BCUT2D eigenvalue weighted by atomic mass is 16.5. The highest BCUT2D eigenvalue weighted by Gasteiger charge is 2.09. The number of hydrogen-bond acceptors (Lipinski definition) is 4. The molecule has 2 aromatic carbocycles. The summed E-state index contributed by atoms with van der Waals surface area (Å²) in [5.41, 5.74) is 3.86. The Balaban J connectivity index is 1.99. The summed E-state index contributed by atoms with van der Waals surface area (Å²) in [6, 6.07) is 11.4. The van der Waals surface area contributed by atoms with Crippen LogP contribution in [0.3, 0.4) is 0 Å². The molecule has 0 aliphatic heterocycles. The highest BCUT2D eigenvalue weighted by molar-refractivity contribution is 5.95. The van der Waals surface area contributed by atoms with Crippen LogP contribution in [0.25, 0.3) is 0 Å². The van der Waals surface area contributed by atoms with Crippen molar-refractivity contribution in [1.29, 1.82) is 0 Å². The zero-order valence-corrected chi connectivity index (χ0v) is 13.9. The SMILES string of the molecule is COc1ccc(NC(=O)CNc2cc(C)cc(C)c2)c(OC)c1. The quantitative estimate of drug-likeness (QED) is 0.858. The van der Waals surface area contributed by atoms with Gasteiger partial charge in [0.15, 0.2) is 0 Å². The molecule has 122 valence electrons. The molecular weight excluding hydrogens is 292 g/mol. The molecule has 23 heavy (non-hydrogen) atoms. The minimum Gasteiger partial charge on any atom is -0.497 e. The van der Waals surface area contributed by atoms with E-state index < -0.39 is 0 Å². The van der Waals surface area contributed by atoms with Gasteiger partial charge < -0.3 is 20.1 Å². The monoisotopic (exact) mass is 314 g/mol. The van der Waals surface area contributed by atoms with E-state index in [-0.39, 0.29) is 12.5 Å². The van der Waals surface area contributed by atoms with Crippen LogP contribution in [-0.4, -0.2) is 26.7 Å². The molecule has 2 rings (SSSR count).